The number of carboxylic acid groups (broad SMARTS) is 1. The van der Waals surface area contributed by atoms with Crippen LogP contribution in [0.25, 0.3) is 0 Å². The number of hydrogen-bond donors (Lipinski definition) is 2. The van der Waals surface area contributed by atoms with Gasteiger partial charge in [-0.05, 0) is 32.0 Å². The van der Waals surface area contributed by atoms with Crippen molar-refractivity contribution in [1.29, 1.82) is 0 Å². The van der Waals surface area contributed by atoms with E-state index in [4.69, 9.17) is 19.1 Å². The van der Waals surface area contributed by atoms with Crippen LogP contribution < -0.4 is 14.8 Å². The number of nitrogens with one attached hydrogen (secondary N) is 1. The second-order valence-corrected chi connectivity index (χ2v) is 5.02. The zero-order chi connectivity index (χ0) is 18.2. The van der Waals surface area contributed by atoms with Crippen LogP contribution in [0.2, 0.25) is 0 Å². The molecule has 1 amide bonds. The van der Waals surface area contributed by atoms with Gasteiger partial charge >= 0.3 is 5.97 Å². The van der Waals surface area contributed by atoms with Gasteiger partial charge in [0.25, 0.3) is 5.91 Å². The molecule has 0 bridgehead atoms. The summed E-state index contributed by atoms with van der Waals surface area (Å²) in [5, 5.41) is 15.1. The Kier molecular flexibility index (Phi) is 6.33. The predicted octanol–water partition coefficient (Wildman–Crippen LogP) is 1.21. The van der Waals surface area contributed by atoms with E-state index in [1.165, 1.54) is 18.2 Å². The Morgan fingerprint density at radius 1 is 1.28 bits per heavy atom. The summed E-state index contributed by atoms with van der Waals surface area (Å²) >= 11 is 0. The maximum Gasteiger partial charge on any atom is 0.341 e. The zero-order valence-electron chi connectivity index (χ0n) is 13.9. The number of benzene rings is 1. The van der Waals surface area contributed by atoms with Crippen molar-refractivity contribution in [2.45, 2.75) is 20.3 Å². The molecule has 0 aliphatic rings. The Morgan fingerprint density at radius 2 is 2.08 bits per heavy atom. The highest BCUT2D eigenvalue weighted by Gasteiger charge is 2.13. The van der Waals surface area contributed by atoms with Gasteiger partial charge < -0.3 is 24.4 Å². The molecule has 9 heteroatoms. The zero-order valence-corrected chi connectivity index (χ0v) is 13.9. The SMILES string of the molecule is CCOc1cc(C(=O)NCCc2nc(C)no2)ccc1OCC(=O)O. The molecule has 2 rings (SSSR count). The van der Waals surface area contributed by atoms with Crippen LogP contribution in [0, 0.1) is 6.92 Å². The summed E-state index contributed by atoms with van der Waals surface area (Å²) in [7, 11) is 0. The van der Waals surface area contributed by atoms with Gasteiger partial charge in [-0.15, -0.1) is 0 Å². The first-order valence-electron chi connectivity index (χ1n) is 7.68. The smallest absolute Gasteiger partial charge is 0.341 e. The van der Waals surface area contributed by atoms with Crippen molar-refractivity contribution < 1.29 is 28.7 Å². The predicted molar refractivity (Wildman–Crippen MR) is 85.8 cm³/mol. The second kappa shape index (κ2) is 8.67. The molecule has 0 radical (unpaired) electrons. The first-order valence-corrected chi connectivity index (χ1v) is 7.68. The Hall–Kier alpha value is -3.10. The number of rotatable bonds is 9. The highest BCUT2D eigenvalue weighted by molar-refractivity contribution is 5.94. The molecule has 1 heterocycles. The van der Waals surface area contributed by atoms with Gasteiger partial charge in [-0.1, -0.05) is 5.16 Å². The van der Waals surface area contributed by atoms with Crippen LogP contribution >= 0.6 is 0 Å². The van der Waals surface area contributed by atoms with Gasteiger partial charge in [-0.3, -0.25) is 4.79 Å². The van der Waals surface area contributed by atoms with E-state index in [2.05, 4.69) is 15.5 Å². The number of hydrogen-bond acceptors (Lipinski definition) is 7. The quantitative estimate of drug-likeness (QED) is 0.692. The molecule has 0 saturated carbocycles. The average molecular weight is 349 g/mol. The van der Waals surface area contributed by atoms with Crippen molar-refractivity contribution >= 4 is 11.9 Å². The van der Waals surface area contributed by atoms with Crippen LogP contribution in [0.4, 0.5) is 0 Å². The van der Waals surface area contributed by atoms with Crippen molar-refractivity contribution in [2.24, 2.45) is 0 Å². The Morgan fingerprint density at radius 3 is 2.72 bits per heavy atom. The molecule has 1 aromatic carbocycles. The van der Waals surface area contributed by atoms with Crippen LogP contribution in [0.5, 0.6) is 11.5 Å². The molecule has 0 aliphatic carbocycles. The molecule has 2 aromatic rings. The summed E-state index contributed by atoms with van der Waals surface area (Å²) in [5.41, 5.74) is 0.368. The summed E-state index contributed by atoms with van der Waals surface area (Å²) in [5.74, 6) is 0.165. The highest BCUT2D eigenvalue weighted by Crippen LogP contribution is 2.28. The van der Waals surface area contributed by atoms with Crippen LogP contribution in [-0.2, 0) is 11.2 Å². The van der Waals surface area contributed by atoms with E-state index in [0.29, 0.717) is 42.6 Å². The van der Waals surface area contributed by atoms with Crippen molar-refractivity contribution in [1.82, 2.24) is 15.5 Å². The number of aliphatic carboxylic acids is 1. The van der Waals surface area contributed by atoms with Crippen molar-refractivity contribution in [2.75, 3.05) is 19.8 Å². The molecule has 0 fully saturated rings. The summed E-state index contributed by atoms with van der Waals surface area (Å²) in [6.07, 6.45) is 0.421. The molecule has 0 saturated heterocycles. The Labute approximate surface area is 143 Å². The van der Waals surface area contributed by atoms with Crippen molar-refractivity contribution in [3.63, 3.8) is 0 Å². The summed E-state index contributed by atoms with van der Waals surface area (Å²) in [4.78, 5) is 26.9. The Bertz CT molecular complexity index is 743. The van der Waals surface area contributed by atoms with Crippen molar-refractivity contribution in [3.05, 3.63) is 35.5 Å². The molecule has 0 spiro atoms. The summed E-state index contributed by atoms with van der Waals surface area (Å²) in [6, 6.07) is 4.54. The van der Waals surface area contributed by atoms with E-state index in [1.807, 2.05) is 0 Å². The highest BCUT2D eigenvalue weighted by atomic mass is 16.5. The fourth-order valence-electron chi connectivity index (χ4n) is 2.00. The number of carboxylic acids is 1. The molecule has 0 atom stereocenters. The van der Waals surface area contributed by atoms with E-state index in [-0.39, 0.29) is 11.7 Å². The molecule has 134 valence electrons. The number of carbonyl (C=O) groups is 2. The largest absolute Gasteiger partial charge is 0.490 e. The minimum Gasteiger partial charge on any atom is -0.490 e. The number of amides is 1. The standard InChI is InChI=1S/C16H19N3O6/c1-3-23-13-8-11(4-5-12(13)24-9-15(20)21)16(22)17-7-6-14-18-10(2)19-25-14/h4-5,8H,3,6-7,9H2,1-2H3,(H,17,22)(H,20,21). The maximum absolute atomic E-state index is 12.2. The van der Waals surface area contributed by atoms with E-state index in [9.17, 15) is 9.59 Å². The van der Waals surface area contributed by atoms with Gasteiger partial charge in [0.1, 0.15) is 0 Å². The number of ether oxygens (including phenoxy) is 2. The Balaban J connectivity index is 1.98. The third-order valence-corrected chi connectivity index (χ3v) is 3.05. The third-order valence-electron chi connectivity index (χ3n) is 3.05. The van der Waals surface area contributed by atoms with Gasteiger partial charge in [0.15, 0.2) is 23.9 Å². The topological polar surface area (TPSA) is 124 Å². The van der Waals surface area contributed by atoms with E-state index >= 15 is 0 Å². The third kappa shape index (κ3) is 5.48. The van der Waals surface area contributed by atoms with E-state index in [1.54, 1.807) is 13.8 Å². The fraction of sp³-hybridized carbons (Fsp3) is 0.375. The molecule has 2 N–H and O–H groups in total. The number of aryl methyl sites for hydroxylation is 1. The normalized spacial score (nSPS) is 10.3. The van der Waals surface area contributed by atoms with Crippen LogP contribution in [0.1, 0.15) is 29.0 Å². The van der Waals surface area contributed by atoms with E-state index < -0.39 is 12.6 Å². The van der Waals surface area contributed by atoms with Crippen LogP contribution in [-0.4, -0.2) is 46.9 Å². The molecular weight excluding hydrogens is 330 g/mol. The molecule has 0 unspecified atom stereocenters. The average Bonchev–Trinajstić information content (AvgIpc) is 2.99. The number of carbonyl (C=O) groups excluding carboxylic acids is 1. The van der Waals surface area contributed by atoms with Crippen molar-refractivity contribution in [3.8, 4) is 11.5 Å². The van der Waals surface area contributed by atoms with Crippen LogP contribution in [0.3, 0.4) is 0 Å². The first-order chi connectivity index (χ1) is 12.0. The van der Waals surface area contributed by atoms with Crippen LogP contribution in [0.15, 0.2) is 22.7 Å². The van der Waals surface area contributed by atoms with Gasteiger partial charge in [0.2, 0.25) is 5.89 Å². The molecule has 25 heavy (non-hydrogen) atoms. The molecule has 0 aliphatic heterocycles. The lowest BCUT2D eigenvalue weighted by atomic mass is 10.2. The van der Waals surface area contributed by atoms with Gasteiger partial charge in [0.05, 0.1) is 6.61 Å². The first kappa shape index (κ1) is 18.2. The van der Waals surface area contributed by atoms with E-state index in [0.717, 1.165) is 0 Å². The maximum atomic E-state index is 12.2. The number of nitrogens with zero attached hydrogens (tertiary/aromatic N) is 2. The van der Waals surface area contributed by atoms with Gasteiger partial charge in [-0.25, -0.2) is 4.79 Å². The summed E-state index contributed by atoms with van der Waals surface area (Å²) in [6.45, 7) is 3.69. The minimum atomic E-state index is -1.10. The summed E-state index contributed by atoms with van der Waals surface area (Å²) < 4.78 is 15.5. The lowest BCUT2D eigenvalue weighted by Crippen LogP contribution is -2.25. The molecule has 9 nitrogen and oxygen atoms in total. The van der Waals surface area contributed by atoms with Gasteiger partial charge in [-0.2, -0.15) is 4.98 Å². The lowest BCUT2D eigenvalue weighted by Gasteiger charge is -2.12. The second-order valence-electron chi connectivity index (χ2n) is 5.02. The monoisotopic (exact) mass is 349 g/mol. The lowest BCUT2D eigenvalue weighted by molar-refractivity contribution is -0.139. The minimum absolute atomic E-state index is 0.266. The molecule has 1 aromatic heterocycles. The number of aromatic nitrogens is 2. The molecular formula is C16H19N3O6. The van der Waals surface area contributed by atoms with Gasteiger partial charge in [0, 0.05) is 18.5 Å². The fourth-order valence-corrected chi connectivity index (χ4v) is 2.00.